The third-order valence-corrected chi connectivity index (χ3v) is 5.59. The topological polar surface area (TPSA) is 79.9 Å². The molecular formula is C19H27F4N5O2. The molecule has 2 aliphatic heterocycles. The molecule has 1 amide bonds. The number of alkyl halides is 3. The number of nitrogens with one attached hydrogen (secondary N) is 3. The summed E-state index contributed by atoms with van der Waals surface area (Å²) >= 11 is 0. The third kappa shape index (κ3) is 4.17. The van der Waals surface area contributed by atoms with Gasteiger partial charge in [0.25, 0.3) is 0 Å². The Hall–Kier alpha value is -1.79. The molecular weight excluding hydrogens is 406 g/mol. The normalized spacial score (nSPS) is 28.7. The van der Waals surface area contributed by atoms with Crippen LogP contribution in [0.1, 0.15) is 31.0 Å². The number of carbonyl (C=O) groups excluding carboxylic acids is 1. The summed E-state index contributed by atoms with van der Waals surface area (Å²) in [6.07, 6.45) is -5.74. The second-order valence-electron chi connectivity index (χ2n) is 8.26. The highest BCUT2D eigenvalue weighted by atomic mass is 19.4. The van der Waals surface area contributed by atoms with E-state index in [1.807, 2.05) is 13.8 Å². The summed E-state index contributed by atoms with van der Waals surface area (Å²) in [6, 6.07) is 1.18. The molecule has 1 aromatic carbocycles. The van der Waals surface area contributed by atoms with E-state index in [0.29, 0.717) is 6.07 Å². The third-order valence-electron chi connectivity index (χ3n) is 5.59. The monoisotopic (exact) mass is 433 g/mol. The van der Waals surface area contributed by atoms with Gasteiger partial charge in [-0.3, -0.25) is 15.0 Å². The molecule has 5 unspecified atom stereocenters. The number of halogens is 4. The summed E-state index contributed by atoms with van der Waals surface area (Å²) in [4.78, 5) is 14.5. The fraction of sp³-hybridized carbons (Fsp3) is 0.632. The zero-order valence-corrected chi connectivity index (χ0v) is 17.2. The molecule has 2 fully saturated rings. The molecule has 0 spiro atoms. The number of hydrogen-bond acceptors (Lipinski definition) is 6. The minimum atomic E-state index is -4.65. The van der Waals surface area contributed by atoms with Crippen LogP contribution in [0.2, 0.25) is 0 Å². The average Bonchev–Trinajstić information content (AvgIpc) is 3.01. The first-order chi connectivity index (χ1) is 14.0. The smallest absolute Gasteiger partial charge is 0.395 e. The molecule has 2 saturated heterocycles. The predicted molar refractivity (Wildman–Crippen MR) is 101 cm³/mol. The Labute approximate surface area is 172 Å². The first-order valence-corrected chi connectivity index (χ1v) is 9.70. The lowest BCUT2D eigenvalue weighted by atomic mass is 9.91. The lowest BCUT2D eigenvalue weighted by Gasteiger charge is -2.42. The molecule has 5 atom stereocenters. The number of carbonyl (C=O) groups is 1. The quantitative estimate of drug-likeness (QED) is 0.524. The van der Waals surface area contributed by atoms with Crippen LogP contribution in [0.15, 0.2) is 18.2 Å². The van der Waals surface area contributed by atoms with Crippen molar-refractivity contribution in [2.75, 3.05) is 20.7 Å². The molecule has 0 radical (unpaired) electrons. The van der Waals surface area contributed by atoms with Crippen molar-refractivity contribution in [3.63, 3.8) is 0 Å². The highest BCUT2D eigenvalue weighted by molar-refractivity contribution is 5.81. The maximum Gasteiger partial charge on any atom is 0.416 e. The number of fused-ring (bicyclic) bond motifs is 1. The minimum Gasteiger partial charge on any atom is -0.395 e. The molecule has 0 aliphatic carbocycles. The van der Waals surface area contributed by atoms with Gasteiger partial charge in [-0.15, -0.1) is 0 Å². The van der Waals surface area contributed by atoms with Crippen molar-refractivity contribution < 1.29 is 27.5 Å². The summed E-state index contributed by atoms with van der Waals surface area (Å²) in [5.74, 6) is -2.13. The van der Waals surface area contributed by atoms with Crippen LogP contribution in [0.4, 0.5) is 17.6 Å². The molecule has 0 bridgehead atoms. The van der Waals surface area contributed by atoms with Crippen LogP contribution < -0.4 is 16.1 Å². The largest absolute Gasteiger partial charge is 0.416 e. The second-order valence-corrected chi connectivity index (χ2v) is 8.26. The Morgan fingerprint density at radius 1 is 1.27 bits per heavy atom. The number of aliphatic hydroxyl groups is 1. The molecule has 4 N–H and O–H groups in total. The van der Waals surface area contributed by atoms with Crippen molar-refractivity contribution in [2.45, 2.75) is 44.6 Å². The number of benzene rings is 1. The maximum atomic E-state index is 14.8. The van der Waals surface area contributed by atoms with Gasteiger partial charge < -0.3 is 10.4 Å². The Bertz CT molecular complexity index is 789. The van der Waals surface area contributed by atoms with E-state index in [1.54, 1.807) is 24.0 Å². The van der Waals surface area contributed by atoms with Crippen LogP contribution in [-0.4, -0.2) is 60.1 Å². The zero-order chi connectivity index (χ0) is 22.4. The number of rotatable bonds is 5. The second kappa shape index (κ2) is 8.39. The van der Waals surface area contributed by atoms with Crippen molar-refractivity contribution in [1.82, 2.24) is 26.0 Å². The van der Waals surface area contributed by atoms with Crippen molar-refractivity contribution >= 4 is 5.91 Å². The molecule has 168 valence electrons. The van der Waals surface area contributed by atoms with E-state index in [9.17, 15) is 27.5 Å². The highest BCUT2D eigenvalue weighted by Crippen LogP contribution is 2.38. The van der Waals surface area contributed by atoms with Gasteiger partial charge in [-0.05, 0) is 32.1 Å². The zero-order valence-electron chi connectivity index (χ0n) is 17.2. The first-order valence-electron chi connectivity index (χ1n) is 9.70. The van der Waals surface area contributed by atoms with Crippen LogP contribution in [0.3, 0.4) is 0 Å². The summed E-state index contributed by atoms with van der Waals surface area (Å²) < 4.78 is 53.7. The van der Waals surface area contributed by atoms with Crippen LogP contribution >= 0.6 is 0 Å². The molecule has 7 nitrogen and oxygen atoms in total. The molecule has 30 heavy (non-hydrogen) atoms. The van der Waals surface area contributed by atoms with E-state index >= 15 is 0 Å². The van der Waals surface area contributed by atoms with Gasteiger partial charge in [0, 0.05) is 5.56 Å². The number of hydrazine groups is 1. The summed E-state index contributed by atoms with van der Waals surface area (Å²) in [5, 5.41) is 17.5. The van der Waals surface area contributed by atoms with Crippen molar-refractivity contribution in [3.05, 3.63) is 35.1 Å². The highest BCUT2D eigenvalue weighted by Gasteiger charge is 2.52. The van der Waals surface area contributed by atoms with Crippen LogP contribution in [-0.2, 0) is 11.0 Å². The van der Waals surface area contributed by atoms with Crippen LogP contribution in [0.25, 0.3) is 0 Å². The van der Waals surface area contributed by atoms with Gasteiger partial charge in [0.2, 0.25) is 5.91 Å². The predicted octanol–water partition coefficient (Wildman–Crippen LogP) is 1.23. The number of nitrogens with zero attached hydrogens (tertiary/aromatic N) is 2. The van der Waals surface area contributed by atoms with E-state index in [1.165, 1.54) is 0 Å². The van der Waals surface area contributed by atoms with E-state index in [2.05, 4.69) is 16.1 Å². The summed E-state index contributed by atoms with van der Waals surface area (Å²) in [6.45, 7) is 3.30. The van der Waals surface area contributed by atoms with Gasteiger partial charge in [0.05, 0.1) is 36.3 Å². The molecule has 0 aromatic heterocycles. The van der Waals surface area contributed by atoms with Gasteiger partial charge in [-0.2, -0.15) is 13.2 Å². The number of hydrogen-bond donors (Lipinski definition) is 4. The van der Waals surface area contributed by atoms with Gasteiger partial charge in [-0.25, -0.2) is 14.8 Å². The van der Waals surface area contributed by atoms with Crippen LogP contribution in [0.5, 0.6) is 0 Å². The Morgan fingerprint density at radius 3 is 2.43 bits per heavy atom. The fourth-order valence-electron chi connectivity index (χ4n) is 4.15. The first kappa shape index (κ1) is 22.9. The van der Waals surface area contributed by atoms with Gasteiger partial charge in [0.15, 0.2) is 0 Å². The molecule has 3 rings (SSSR count). The van der Waals surface area contributed by atoms with E-state index < -0.39 is 48.0 Å². The summed E-state index contributed by atoms with van der Waals surface area (Å²) in [5.41, 5.74) is 2.10. The Balaban J connectivity index is 2.00. The molecule has 2 aliphatic rings. The number of amides is 1. The standard InChI is InChI=1S/C19H27F4N5O2/c1-9(2)15(11-6-5-10(7-12(11)20)19(21,22)23)28-16-14(13(8-29)26-28)17(30)25-18(24-16)27(3)4/h5-7,9,13-16,18,24,26,29H,8H2,1-4H3,(H,25,30). The van der Waals surface area contributed by atoms with Crippen molar-refractivity contribution in [3.8, 4) is 0 Å². The Morgan fingerprint density at radius 2 is 1.93 bits per heavy atom. The molecule has 0 saturated carbocycles. The Kier molecular flexibility index (Phi) is 6.40. The van der Waals surface area contributed by atoms with Crippen LogP contribution in [0, 0.1) is 17.7 Å². The number of aliphatic hydroxyl groups excluding tert-OH is 1. The average molecular weight is 433 g/mol. The SMILES string of the molecule is CC(C)C(c1ccc(C(F)(F)F)cc1F)N1NC(CO)C2C(=O)NC(N(C)C)NC21. The lowest BCUT2D eigenvalue weighted by molar-refractivity contribution is -0.138. The molecule has 2 heterocycles. The maximum absolute atomic E-state index is 14.8. The van der Waals surface area contributed by atoms with Crippen molar-refractivity contribution in [1.29, 1.82) is 0 Å². The van der Waals surface area contributed by atoms with E-state index in [4.69, 9.17) is 0 Å². The van der Waals surface area contributed by atoms with Gasteiger partial charge in [-0.1, -0.05) is 19.9 Å². The fourth-order valence-corrected chi connectivity index (χ4v) is 4.15. The lowest BCUT2D eigenvalue weighted by Crippen LogP contribution is -2.68. The molecule has 11 heteroatoms. The summed E-state index contributed by atoms with van der Waals surface area (Å²) in [7, 11) is 3.54. The molecule has 1 aromatic rings. The van der Waals surface area contributed by atoms with Crippen molar-refractivity contribution in [2.24, 2.45) is 11.8 Å². The minimum absolute atomic E-state index is 0.0806. The van der Waals surface area contributed by atoms with Gasteiger partial charge >= 0.3 is 6.18 Å². The van der Waals surface area contributed by atoms with E-state index in [0.717, 1.165) is 12.1 Å². The van der Waals surface area contributed by atoms with Gasteiger partial charge in [0.1, 0.15) is 12.1 Å². The van der Waals surface area contributed by atoms with E-state index in [-0.39, 0.29) is 24.0 Å².